The molecule has 2 aromatic carbocycles. The van der Waals surface area contributed by atoms with Crippen molar-refractivity contribution in [3.8, 4) is 5.75 Å². The molecule has 0 aromatic heterocycles. The van der Waals surface area contributed by atoms with Crippen LogP contribution in [0, 0.1) is 0 Å². The van der Waals surface area contributed by atoms with Crippen molar-refractivity contribution in [1.82, 2.24) is 10.2 Å². The van der Waals surface area contributed by atoms with Crippen molar-refractivity contribution in [3.63, 3.8) is 0 Å². The molecule has 0 fully saturated rings. The third-order valence-electron chi connectivity index (χ3n) is 5.85. The van der Waals surface area contributed by atoms with Gasteiger partial charge in [-0.25, -0.2) is 8.42 Å². The molecule has 0 aliphatic heterocycles. The summed E-state index contributed by atoms with van der Waals surface area (Å²) in [7, 11) is -2.24. The van der Waals surface area contributed by atoms with E-state index in [4.69, 9.17) is 4.74 Å². The summed E-state index contributed by atoms with van der Waals surface area (Å²) in [6.07, 6.45) is 1.07. The average Bonchev–Trinajstić information content (AvgIpc) is 2.78. The molecule has 8 nitrogen and oxygen atoms in total. The predicted octanol–water partition coefficient (Wildman–Crippen LogP) is 4.09. The zero-order chi connectivity index (χ0) is 28.2. The molecule has 0 aliphatic rings. The maximum Gasteiger partial charge on any atom is 0.244 e. The standard InChI is InChI=1S/C28H41N3O5S/c1-20(26(33)29-28(5,6)7)30(18-21-11-10-12-24(17-21)36-8)25(32)19-31(37(9,34)35)23-15-13-22(14-16-23)27(2,3)4/h10-17,20H,18-19H2,1-9H3,(H,29,33)/t20-/m0/s1. The Kier molecular flexibility index (Phi) is 9.41. The number of hydrogen-bond acceptors (Lipinski definition) is 5. The minimum atomic E-state index is -3.79. The fraction of sp³-hybridized carbons (Fsp3) is 0.500. The lowest BCUT2D eigenvalue weighted by Gasteiger charge is -2.33. The molecule has 0 saturated heterocycles. The number of nitrogens with one attached hydrogen (secondary N) is 1. The number of ether oxygens (including phenoxy) is 1. The highest BCUT2D eigenvalue weighted by atomic mass is 32.2. The topological polar surface area (TPSA) is 96.0 Å². The Hall–Kier alpha value is -3.07. The van der Waals surface area contributed by atoms with Crippen LogP contribution in [0.2, 0.25) is 0 Å². The quantitative estimate of drug-likeness (QED) is 0.526. The number of anilines is 1. The monoisotopic (exact) mass is 531 g/mol. The number of methoxy groups -OCH3 is 1. The first-order chi connectivity index (χ1) is 16.9. The molecule has 2 aromatic rings. The molecular formula is C28H41N3O5S. The number of nitrogens with zero attached hydrogens (tertiary/aromatic N) is 2. The highest BCUT2D eigenvalue weighted by Gasteiger charge is 2.31. The molecule has 37 heavy (non-hydrogen) atoms. The molecule has 1 atom stereocenters. The van der Waals surface area contributed by atoms with Crippen molar-refractivity contribution in [2.24, 2.45) is 0 Å². The van der Waals surface area contributed by atoms with E-state index in [0.29, 0.717) is 11.4 Å². The van der Waals surface area contributed by atoms with Crippen LogP contribution in [0.15, 0.2) is 48.5 Å². The third-order valence-corrected chi connectivity index (χ3v) is 6.99. The van der Waals surface area contributed by atoms with E-state index in [2.05, 4.69) is 26.1 Å². The van der Waals surface area contributed by atoms with Gasteiger partial charge in [0, 0.05) is 12.1 Å². The SMILES string of the molecule is COc1cccc(CN(C(=O)CN(c2ccc(C(C)(C)C)cc2)S(C)(=O)=O)[C@@H](C)C(=O)NC(C)(C)C)c1. The summed E-state index contributed by atoms with van der Waals surface area (Å²) >= 11 is 0. The van der Waals surface area contributed by atoms with Gasteiger partial charge in [-0.1, -0.05) is 45.0 Å². The molecule has 1 N–H and O–H groups in total. The van der Waals surface area contributed by atoms with E-state index in [1.807, 2.05) is 39.0 Å². The van der Waals surface area contributed by atoms with Gasteiger partial charge in [-0.3, -0.25) is 13.9 Å². The van der Waals surface area contributed by atoms with E-state index in [0.717, 1.165) is 21.7 Å². The average molecular weight is 532 g/mol. The van der Waals surface area contributed by atoms with Crippen LogP contribution < -0.4 is 14.4 Å². The molecule has 0 aliphatic carbocycles. The Morgan fingerprint density at radius 3 is 2.08 bits per heavy atom. The van der Waals surface area contributed by atoms with Crippen LogP contribution in [-0.2, 0) is 31.6 Å². The summed E-state index contributed by atoms with van der Waals surface area (Å²) < 4.78 is 31.9. The van der Waals surface area contributed by atoms with Gasteiger partial charge in [0.2, 0.25) is 21.8 Å². The minimum Gasteiger partial charge on any atom is -0.497 e. The van der Waals surface area contributed by atoms with Gasteiger partial charge < -0.3 is 15.0 Å². The van der Waals surface area contributed by atoms with Crippen LogP contribution in [0.4, 0.5) is 5.69 Å². The molecule has 9 heteroatoms. The van der Waals surface area contributed by atoms with Crippen molar-refractivity contribution < 1.29 is 22.7 Å². The highest BCUT2D eigenvalue weighted by Crippen LogP contribution is 2.26. The lowest BCUT2D eigenvalue weighted by molar-refractivity contribution is -0.140. The van der Waals surface area contributed by atoms with Gasteiger partial charge in [0.25, 0.3) is 0 Å². The number of amides is 2. The summed E-state index contributed by atoms with van der Waals surface area (Å²) in [5.74, 6) is -0.206. The summed E-state index contributed by atoms with van der Waals surface area (Å²) in [5, 5.41) is 2.91. The molecular weight excluding hydrogens is 490 g/mol. The van der Waals surface area contributed by atoms with E-state index < -0.39 is 34.1 Å². The second kappa shape index (κ2) is 11.5. The summed E-state index contributed by atoms with van der Waals surface area (Å²) in [6, 6.07) is 13.5. The fourth-order valence-electron chi connectivity index (χ4n) is 3.77. The summed E-state index contributed by atoms with van der Waals surface area (Å²) in [5.41, 5.74) is 1.58. The van der Waals surface area contributed by atoms with Crippen molar-refractivity contribution in [1.29, 1.82) is 0 Å². The van der Waals surface area contributed by atoms with Gasteiger partial charge in [-0.05, 0) is 68.5 Å². The number of rotatable bonds is 9. The van der Waals surface area contributed by atoms with Crippen LogP contribution in [0.1, 0.15) is 59.6 Å². The third kappa shape index (κ3) is 8.77. The number of carbonyl (C=O) groups excluding carboxylic acids is 2. The maximum absolute atomic E-state index is 13.7. The fourth-order valence-corrected chi connectivity index (χ4v) is 4.62. The Balaban J connectivity index is 2.43. The summed E-state index contributed by atoms with van der Waals surface area (Å²) in [4.78, 5) is 28.1. The second-order valence-electron chi connectivity index (χ2n) is 11.4. The minimum absolute atomic E-state index is 0.104. The van der Waals surface area contributed by atoms with Crippen LogP contribution in [-0.4, -0.2) is 56.6 Å². The first-order valence-corrected chi connectivity index (χ1v) is 14.1. The van der Waals surface area contributed by atoms with Crippen LogP contribution in [0.3, 0.4) is 0 Å². The van der Waals surface area contributed by atoms with Crippen molar-refractivity contribution in [3.05, 3.63) is 59.7 Å². The van der Waals surface area contributed by atoms with Crippen molar-refractivity contribution in [2.45, 2.75) is 72.0 Å². The second-order valence-corrected chi connectivity index (χ2v) is 13.3. The van der Waals surface area contributed by atoms with E-state index in [-0.39, 0.29) is 17.9 Å². The lowest BCUT2D eigenvalue weighted by atomic mass is 9.87. The van der Waals surface area contributed by atoms with Crippen molar-refractivity contribution >= 4 is 27.5 Å². The largest absolute Gasteiger partial charge is 0.497 e. The molecule has 0 bridgehead atoms. The van der Waals surface area contributed by atoms with Crippen LogP contribution in [0.5, 0.6) is 5.75 Å². The lowest BCUT2D eigenvalue weighted by Crippen LogP contribution is -2.54. The highest BCUT2D eigenvalue weighted by molar-refractivity contribution is 7.92. The Bertz CT molecular complexity index is 1200. The van der Waals surface area contributed by atoms with Gasteiger partial charge in [-0.2, -0.15) is 0 Å². The van der Waals surface area contributed by atoms with Crippen LogP contribution >= 0.6 is 0 Å². The summed E-state index contributed by atoms with van der Waals surface area (Å²) in [6.45, 7) is 13.1. The molecule has 0 saturated carbocycles. The van der Waals surface area contributed by atoms with Gasteiger partial charge in [0.1, 0.15) is 18.3 Å². The van der Waals surface area contributed by atoms with Gasteiger partial charge in [0.15, 0.2) is 0 Å². The molecule has 2 amide bonds. The zero-order valence-electron chi connectivity index (χ0n) is 23.5. The maximum atomic E-state index is 13.7. The smallest absolute Gasteiger partial charge is 0.244 e. The molecule has 204 valence electrons. The Morgan fingerprint density at radius 2 is 1.59 bits per heavy atom. The van der Waals surface area contributed by atoms with Gasteiger partial charge in [0.05, 0.1) is 19.1 Å². The molecule has 0 unspecified atom stereocenters. The first kappa shape index (κ1) is 30.2. The zero-order valence-corrected chi connectivity index (χ0v) is 24.3. The van der Waals surface area contributed by atoms with E-state index >= 15 is 0 Å². The molecule has 0 radical (unpaired) electrons. The van der Waals surface area contributed by atoms with Crippen molar-refractivity contribution in [2.75, 3.05) is 24.2 Å². The normalized spacial score (nSPS) is 13.0. The van der Waals surface area contributed by atoms with E-state index in [1.165, 1.54) is 4.90 Å². The number of hydrogen-bond donors (Lipinski definition) is 1. The van der Waals surface area contributed by atoms with E-state index in [9.17, 15) is 18.0 Å². The van der Waals surface area contributed by atoms with E-state index in [1.54, 1.807) is 44.4 Å². The molecule has 2 rings (SSSR count). The Morgan fingerprint density at radius 1 is 1.00 bits per heavy atom. The van der Waals surface area contributed by atoms with Gasteiger partial charge in [-0.15, -0.1) is 0 Å². The number of carbonyl (C=O) groups is 2. The number of benzene rings is 2. The predicted molar refractivity (Wildman–Crippen MR) is 148 cm³/mol. The Labute approximate surface area is 222 Å². The van der Waals surface area contributed by atoms with Gasteiger partial charge >= 0.3 is 0 Å². The first-order valence-electron chi connectivity index (χ1n) is 12.2. The molecule has 0 spiro atoms. The molecule has 0 heterocycles. The van der Waals surface area contributed by atoms with Crippen LogP contribution in [0.25, 0.3) is 0 Å². The number of sulfonamides is 1.